The number of rotatable bonds is 5. The fourth-order valence-corrected chi connectivity index (χ4v) is 5.60. The fourth-order valence-electron chi connectivity index (χ4n) is 4.17. The van der Waals surface area contributed by atoms with Crippen molar-refractivity contribution in [1.82, 2.24) is 14.9 Å². The van der Waals surface area contributed by atoms with Crippen molar-refractivity contribution in [3.8, 4) is 0 Å². The van der Waals surface area contributed by atoms with Gasteiger partial charge in [0.25, 0.3) is 0 Å². The number of benzene rings is 2. The van der Waals surface area contributed by atoms with Gasteiger partial charge < -0.3 is 10.2 Å². The molecule has 0 aromatic heterocycles. The molecule has 11 heteroatoms. The number of halogens is 4. The van der Waals surface area contributed by atoms with Crippen molar-refractivity contribution in [1.29, 1.82) is 0 Å². The van der Waals surface area contributed by atoms with Crippen LogP contribution in [0.25, 0.3) is 0 Å². The van der Waals surface area contributed by atoms with E-state index in [2.05, 4.69) is 10.0 Å². The Bertz CT molecular complexity index is 1060. The third-order valence-electron chi connectivity index (χ3n) is 6.09. The topological polar surface area (TPSA) is 78.5 Å². The molecule has 2 aromatic rings. The summed E-state index contributed by atoms with van der Waals surface area (Å²) in [6.45, 7) is 2.43. The minimum Gasteiger partial charge on any atom is -0.336 e. The molecule has 0 radical (unpaired) electrons. The van der Waals surface area contributed by atoms with Gasteiger partial charge in [-0.15, -0.1) is 0 Å². The molecule has 6 nitrogen and oxygen atoms in total. The summed E-state index contributed by atoms with van der Waals surface area (Å²) in [5.74, 6) is 0. The maximum Gasteiger partial charge on any atom is 0.416 e. The largest absolute Gasteiger partial charge is 0.416 e. The predicted molar refractivity (Wildman–Crippen MR) is 128 cm³/mol. The highest BCUT2D eigenvalue weighted by Crippen LogP contribution is 2.30. The second kappa shape index (κ2) is 12.2. The van der Waals surface area contributed by atoms with E-state index in [4.69, 9.17) is 11.6 Å². The molecule has 2 fully saturated rings. The number of alkyl halides is 3. The molecular formula is C24H29ClF3N3O3S. The lowest BCUT2D eigenvalue weighted by molar-refractivity contribution is -0.137. The first kappa shape index (κ1) is 27.4. The number of piperazine rings is 1. The number of nitrogens with zero attached hydrogens (tertiary/aromatic N) is 1. The fraction of sp³-hybridized carbons (Fsp3) is 0.458. The van der Waals surface area contributed by atoms with Crippen LogP contribution in [0.1, 0.15) is 49.3 Å². The van der Waals surface area contributed by atoms with Crippen molar-refractivity contribution < 1.29 is 26.4 Å². The molecule has 0 spiro atoms. The summed E-state index contributed by atoms with van der Waals surface area (Å²) in [5.41, 5.74) is 0.271. The van der Waals surface area contributed by atoms with Crippen molar-refractivity contribution in [2.24, 2.45) is 0 Å². The summed E-state index contributed by atoms with van der Waals surface area (Å²) in [5, 5.41) is 4.00. The van der Waals surface area contributed by atoms with Crippen molar-refractivity contribution in [3.63, 3.8) is 0 Å². The van der Waals surface area contributed by atoms with E-state index in [-0.39, 0.29) is 17.0 Å². The summed E-state index contributed by atoms with van der Waals surface area (Å²) in [7, 11) is -3.74. The predicted octanol–water partition coefficient (Wildman–Crippen LogP) is 4.76. The first-order valence-electron chi connectivity index (χ1n) is 11.5. The van der Waals surface area contributed by atoms with E-state index in [9.17, 15) is 26.4 Å². The number of amides is 1. The Kier molecular flexibility index (Phi) is 9.57. The molecule has 0 unspecified atom stereocenters. The summed E-state index contributed by atoms with van der Waals surface area (Å²) in [6.07, 6.45) is 1.05. The number of sulfonamides is 1. The maximum absolute atomic E-state index is 12.4. The van der Waals surface area contributed by atoms with E-state index in [1.54, 1.807) is 0 Å². The molecule has 1 heterocycles. The second-order valence-electron chi connectivity index (χ2n) is 8.59. The first-order valence-corrected chi connectivity index (χ1v) is 13.3. The second-order valence-corrected chi connectivity index (χ2v) is 10.7. The lowest BCUT2D eigenvalue weighted by atomic mass is 9.96. The summed E-state index contributed by atoms with van der Waals surface area (Å²) in [4.78, 5) is 12.6. The number of carbonyl (C=O) groups is 1. The Morgan fingerprint density at radius 3 is 2.20 bits per heavy atom. The molecule has 35 heavy (non-hydrogen) atoms. The number of hydrogen-bond donors (Lipinski definition) is 2. The molecular weight excluding hydrogens is 503 g/mol. The average Bonchev–Trinajstić information content (AvgIpc) is 2.85. The Labute approximate surface area is 208 Å². The van der Waals surface area contributed by atoms with Crippen molar-refractivity contribution >= 4 is 28.0 Å². The van der Waals surface area contributed by atoms with Gasteiger partial charge in [0.1, 0.15) is 0 Å². The molecule has 1 amide bonds. The molecule has 2 aromatic carbocycles. The van der Waals surface area contributed by atoms with E-state index in [1.807, 2.05) is 29.2 Å². The van der Waals surface area contributed by atoms with Crippen LogP contribution in [0.4, 0.5) is 13.2 Å². The van der Waals surface area contributed by atoms with E-state index in [0.29, 0.717) is 0 Å². The molecule has 1 saturated heterocycles. The molecule has 4 rings (SSSR count). The standard InChI is InChI=1S/C13H16F3NO2S.C11H13ClN2O/c14-13(15,16)10-6-8-12(9-7-10)20(18,19)17-11-4-2-1-3-5-11;12-10-3-1-9(2-4-10)11-7-13-5-6-14(11)8-15/h6-9,11,17H,1-5H2;1-4,8,11,13H,5-7H2/t;11-/m.1/s1. The van der Waals surface area contributed by atoms with Gasteiger partial charge in [0, 0.05) is 30.7 Å². The monoisotopic (exact) mass is 531 g/mol. The summed E-state index contributed by atoms with van der Waals surface area (Å²) >= 11 is 5.82. The third-order valence-corrected chi connectivity index (χ3v) is 7.88. The van der Waals surface area contributed by atoms with E-state index in [0.717, 1.165) is 93.0 Å². The van der Waals surface area contributed by atoms with Gasteiger partial charge in [-0.3, -0.25) is 4.79 Å². The Balaban J connectivity index is 0.000000203. The summed E-state index contributed by atoms with van der Waals surface area (Å²) in [6, 6.07) is 11.2. The molecule has 1 atom stereocenters. The number of carbonyl (C=O) groups excluding carboxylic acids is 1. The highest BCUT2D eigenvalue weighted by molar-refractivity contribution is 7.89. The smallest absolute Gasteiger partial charge is 0.336 e. The zero-order valence-corrected chi connectivity index (χ0v) is 20.7. The third kappa shape index (κ3) is 7.93. The van der Waals surface area contributed by atoms with Crippen LogP contribution in [0.3, 0.4) is 0 Å². The Morgan fingerprint density at radius 1 is 1.00 bits per heavy atom. The van der Waals surface area contributed by atoms with E-state index in [1.165, 1.54) is 0 Å². The molecule has 1 saturated carbocycles. The van der Waals surface area contributed by atoms with Crippen LogP contribution in [0.5, 0.6) is 0 Å². The van der Waals surface area contributed by atoms with E-state index < -0.39 is 21.8 Å². The normalized spacial score (nSPS) is 19.5. The van der Waals surface area contributed by atoms with Gasteiger partial charge in [0.15, 0.2) is 0 Å². The van der Waals surface area contributed by atoms with Crippen LogP contribution < -0.4 is 10.0 Å². The molecule has 192 valence electrons. The molecule has 1 aliphatic heterocycles. The quantitative estimate of drug-likeness (QED) is 0.545. The zero-order chi connectivity index (χ0) is 25.5. The number of hydrogen-bond acceptors (Lipinski definition) is 4. The lowest BCUT2D eigenvalue weighted by Gasteiger charge is -2.33. The van der Waals surface area contributed by atoms with Crippen molar-refractivity contribution in [2.75, 3.05) is 19.6 Å². The van der Waals surface area contributed by atoms with Crippen LogP contribution in [-0.4, -0.2) is 45.4 Å². The van der Waals surface area contributed by atoms with Gasteiger partial charge in [-0.25, -0.2) is 13.1 Å². The number of nitrogens with one attached hydrogen (secondary N) is 2. The molecule has 2 aliphatic rings. The van der Waals surface area contributed by atoms with Crippen LogP contribution in [0.15, 0.2) is 53.4 Å². The maximum atomic E-state index is 12.4. The molecule has 2 N–H and O–H groups in total. The van der Waals surface area contributed by atoms with Gasteiger partial charge in [0.05, 0.1) is 16.5 Å². The highest BCUT2D eigenvalue weighted by Gasteiger charge is 2.31. The molecule has 0 bridgehead atoms. The van der Waals surface area contributed by atoms with Crippen molar-refractivity contribution in [2.45, 2.75) is 55.3 Å². The van der Waals surface area contributed by atoms with Crippen LogP contribution in [0, 0.1) is 0 Å². The van der Waals surface area contributed by atoms with Gasteiger partial charge in [-0.2, -0.15) is 13.2 Å². The highest BCUT2D eigenvalue weighted by atomic mass is 35.5. The van der Waals surface area contributed by atoms with Crippen LogP contribution >= 0.6 is 11.6 Å². The van der Waals surface area contributed by atoms with Gasteiger partial charge in [-0.1, -0.05) is 43.0 Å². The van der Waals surface area contributed by atoms with E-state index >= 15 is 0 Å². The Morgan fingerprint density at radius 2 is 1.63 bits per heavy atom. The Hall–Kier alpha value is -2.14. The minimum absolute atomic E-state index is 0.115. The summed E-state index contributed by atoms with van der Waals surface area (Å²) < 4.78 is 64.0. The average molecular weight is 532 g/mol. The lowest BCUT2D eigenvalue weighted by Crippen LogP contribution is -2.45. The minimum atomic E-state index is -4.46. The van der Waals surface area contributed by atoms with Gasteiger partial charge in [-0.05, 0) is 54.8 Å². The molecule has 1 aliphatic carbocycles. The van der Waals surface area contributed by atoms with Crippen LogP contribution in [-0.2, 0) is 21.0 Å². The van der Waals surface area contributed by atoms with Crippen molar-refractivity contribution in [3.05, 3.63) is 64.7 Å². The SMILES string of the molecule is O=CN1CCNC[C@@H]1c1ccc(Cl)cc1.O=S(=O)(NC1CCCCC1)c1ccc(C(F)(F)F)cc1. The zero-order valence-electron chi connectivity index (χ0n) is 19.1. The van der Waals surface area contributed by atoms with Crippen LogP contribution in [0.2, 0.25) is 5.02 Å². The van der Waals surface area contributed by atoms with Gasteiger partial charge >= 0.3 is 6.18 Å². The first-order chi connectivity index (χ1) is 16.6. The van der Waals surface area contributed by atoms with Gasteiger partial charge in [0.2, 0.25) is 16.4 Å².